The first kappa shape index (κ1) is 16.0. The fraction of sp³-hybridized carbons (Fsp3) is 0.600. The zero-order valence-electron chi connectivity index (χ0n) is 12.5. The van der Waals surface area contributed by atoms with E-state index >= 15 is 0 Å². The lowest BCUT2D eigenvalue weighted by Crippen LogP contribution is -2.31. The summed E-state index contributed by atoms with van der Waals surface area (Å²) in [4.78, 5) is 2.18. The summed E-state index contributed by atoms with van der Waals surface area (Å²) in [6, 6.07) is 8.48. The van der Waals surface area contributed by atoms with Crippen LogP contribution in [0.3, 0.4) is 0 Å². The van der Waals surface area contributed by atoms with E-state index in [-0.39, 0.29) is 6.04 Å². The standard InChI is InChI=1S/C15H26N2O2/c1-5-16-14(12-17(2)3)13-8-6-7-9-15(13)19-11-10-18-4/h6-9,14,16H,5,10-12H2,1-4H3. The Hall–Kier alpha value is -1.10. The number of rotatable bonds is 9. The summed E-state index contributed by atoms with van der Waals surface area (Å²) in [5, 5.41) is 3.51. The lowest BCUT2D eigenvalue weighted by Gasteiger charge is -2.24. The van der Waals surface area contributed by atoms with E-state index in [2.05, 4.69) is 43.4 Å². The van der Waals surface area contributed by atoms with Crippen molar-refractivity contribution in [2.75, 3.05) is 47.5 Å². The number of para-hydroxylation sites is 1. The molecule has 0 saturated heterocycles. The molecular formula is C15H26N2O2. The third-order valence-corrected chi connectivity index (χ3v) is 2.84. The van der Waals surface area contributed by atoms with Crippen LogP contribution in [-0.4, -0.2) is 52.4 Å². The third-order valence-electron chi connectivity index (χ3n) is 2.84. The topological polar surface area (TPSA) is 33.7 Å². The van der Waals surface area contributed by atoms with Crippen LogP contribution < -0.4 is 10.1 Å². The molecule has 0 saturated carbocycles. The van der Waals surface area contributed by atoms with E-state index in [1.165, 1.54) is 5.56 Å². The molecule has 0 aliphatic carbocycles. The van der Waals surface area contributed by atoms with Gasteiger partial charge in [0.1, 0.15) is 12.4 Å². The maximum atomic E-state index is 5.80. The number of nitrogens with one attached hydrogen (secondary N) is 1. The van der Waals surface area contributed by atoms with Crippen molar-refractivity contribution in [3.05, 3.63) is 29.8 Å². The molecule has 0 bridgehead atoms. The molecule has 0 radical (unpaired) electrons. The van der Waals surface area contributed by atoms with Gasteiger partial charge in [0.25, 0.3) is 0 Å². The molecule has 4 heteroatoms. The van der Waals surface area contributed by atoms with Crippen LogP contribution >= 0.6 is 0 Å². The van der Waals surface area contributed by atoms with E-state index in [4.69, 9.17) is 9.47 Å². The van der Waals surface area contributed by atoms with Crippen LogP contribution in [0.15, 0.2) is 24.3 Å². The quantitative estimate of drug-likeness (QED) is 0.692. The van der Waals surface area contributed by atoms with Crippen LogP contribution in [0.4, 0.5) is 0 Å². The Bertz CT molecular complexity index is 356. The van der Waals surface area contributed by atoms with Gasteiger partial charge in [0, 0.05) is 25.3 Å². The van der Waals surface area contributed by atoms with E-state index < -0.39 is 0 Å². The second-order valence-corrected chi connectivity index (χ2v) is 4.75. The highest BCUT2D eigenvalue weighted by molar-refractivity contribution is 5.36. The first-order chi connectivity index (χ1) is 9.19. The van der Waals surface area contributed by atoms with Gasteiger partial charge < -0.3 is 19.7 Å². The number of ether oxygens (including phenoxy) is 2. The number of benzene rings is 1. The highest BCUT2D eigenvalue weighted by Gasteiger charge is 2.15. The van der Waals surface area contributed by atoms with Crippen LogP contribution in [0.25, 0.3) is 0 Å². The van der Waals surface area contributed by atoms with Crippen molar-refractivity contribution in [1.29, 1.82) is 0 Å². The highest BCUT2D eigenvalue weighted by Crippen LogP contribution is 2.25. The van der Waals surface area contributed by atoms with Gasteiger partial charge in [-0.15, -0.1) is 0 Å². The highest BCUT2D eigenvalue weighted by atomic mass is 16.5. The zero-order valence-corrected chi connectivity index (χ0v) is 12.5. The van der Waals surface area contributed by atoms with Crippen LogP contribution in [-0.2, 0) is 4.74 Å². The molecular weight excluding hydrogens is 240 g/mol. The van der Waals surface area contributed by atoms with Gasteiger partial charge in [0.05, 0.1) is 6.61 Å². The number of methoxy groups -OCH3 is 1. The van der Waals surface area contributed by atoms with Gasteiger partial charge >= 0.3 is 0 Å². The Balaban J connectivity index is 2.81. The SMILES string of the molecule is CCNC(CN(C)C)c1ccccc1OCCOC. The van der Waals surface area contributed by atoms with E-state index in [9.17, 15) is 0 Å². The van der Waals surface area contributed by atoms with Gasteiger partial charge in [-0.25, -0.2) is 0 Å². The maximum Gasteiger partial charge on any atom is 0.124 e. The summed E-state index contributed by atoms with van der Waals surface area (Å²) < 4.78 is 10.8. The number of likely N-dealkylation sites (N-methyl/N-ethyl adjacent to an activating group) is 2. The fourth-order valence-corrected chi connectivity index (χ4v) is 2.02. The Morgan fingerprint density at radius 2 is 1.95 bits per heavy atom. The van der Waals surface area contributed by atoms with Crippen LogP contribution in [0.1, 0.15) is 18.5 Å². The molecule has 1 unspecified atom stereocenters. The van der Waals surface area contributed by atoms with Crippen molar-refractivity contribution in [1.82, 2.24) is 10.2 Å². The molecule has 0 aromatic heterocycles. The summed E-state index contributed by atoms with van der Waals surface area (Å²) in [6.07, 6.45) is 0. The van der Waals surface area contributed by atoms with Crippen LogP contribution in [0, 0.1) is 0 Å². The van der Waals surface area contributed by atoms with E-state index in [1.54, 1.807) is 7.11 Å². The van der Waals surface area contributed by atoms with Crippen molar-refractivity contribution < 1.29 is 9.47 Å². The maximum absolute atomic E-state index is 5.80. The Morgan fingerprint density at radius 3 is 2.58 bits per heavy atom. The molecule has 0 aliphatic heterocycles. The summed E-state index contributed by atoms with van der Waals surface area (Å²) in [6.45, 7) is 5.18. The molecule has 1 aromatic carbocycles. The molecule has 19 heavy (non-hydrogen) atoms. The molecule has 0 fully saturated rings. The molecule has 0 aliphatic rings. The molecule has 0 amide bonds. The van der Waals surface area contributed by atoms with Gasteiger partial charge in [-0.2, -0.15) is 0 Å². The molecule has 0 heterocycles. The van der Waals surface area contributed by atoms with Crippen molar-refractivity contribution >= 4 is 0 Å². The monoisotopic (exact) mass is 266 g/mol. The summed E-state index contributed by atoms with van der Waals surface area (Å²) in [7, 11) is 5.85. The second-order valence-electron chi connectivity index (χ2n) is 4.75. The third kappa shape index (κ3) is 5.59. The molecule has 108 valence electrons. The fourth-order valence-electron chi connectivity index (χ4n) is 2.02. The summed E-state index contributed by atoms with van der Waals surface area (Å²) in [5.41, 5.74) is 1.20. The molecule has 1 N–H and O–H groups in total. The predicted molar refractivity (Wildman–Crippen MR) is 78.8 cm³/mol. The van der Waals surface area contributed by atoms with Crippen LogP contribution in [0.2, 0.25) is 0 Å². The molecule has 1 aromatic rings. The van der Waals surface area contributed by atoms with Crippen LogP contribution in [0.5, 0.6) is 5.75 Å². The van der Waals surface area contributed by atoms with E-state index in [1.807, 2.05) is 12.1 Å². The normalized spacial score (nSPS) is 12.7. The predicted octanol–water partition coefficient (Wildman–Crippen LogP) is 1.92. The molecule has 1 rings (SSSR count). The van der Waals surface area contributed by atoms with Crippen molar-refractivity contribution in [3.63, 3.8) is 0 Å². The second kappa shape index (κ2) is 8.91. The minimum absolute atomic E-state index is 0.277. The van der Waals surface area contributed by atoms with Crippen molar-refractivity contribution in [2.45, 2.75) is 13.0 Å². The Morgan fingerprint density at radius 1 is 1.21 bits per heavy atom. The minimum Gasteiger partial charge on any atom is -0.491 e. The number of hydrogen-bond donors (Lipinski definition) is 1. The summed E-state index contributed by atoms with van der Waals surface area (Å²) >= 11 is 0. The van der Waals surface area contributed by atoms with Gasteiger partial charge in [-0.05, 0) is 26.7 Å². The average molecular weight is 266 g/mol. The Labute approximate surface area is 116 Å². The average Bonchev–Trinajstić information content (AvgIpc) is 2.39. The number of hydrogen-bond acceptors (Lipinski definition) is 4. The van der Waals surface area contributed by atoms with Crippen molar-refractivity contribution in [2.24, 2.45) is 0 Å². The van der Waals surface area contributed by atoms with Crippen molar-refractivity contribution in [3.8, 4) is 5.75 Å². The van der Waals surface area contributed by atoms with Gasteiger partial charge in [-0.1, -0.05) is 25.1 Å². The summed E-state index contributed by atoms with van der Waals surface area (Å²) in [5.74, 6) is 0.937. The molecule has 4 nitrogen and oxygen atoms in total. The Kier molecular flexibility index (Phi) is 7.48. The van der Waals surface area contributed by atoms with Gasteiger partial charge in [-0.3, -0.25) is 0 Å². The molecule has 1 atom stereocenters. The zero-order chi connectivity index (χ0) is 14.1. The van der Waals surface area contributed by atoms with E-state index in [0.29, 0.717) is 13.2 Å². The van der Waals surface area contributed by atoms with Gasteiger partial charge in [0.15, 0.2) is 0 Å². The lowest BCUT2D eigenvalue weighted by molar-refractivity contribution is 0.145. The lowest BCUT2D eigenvalue weighted by atomic mass is 10.1. The van der Waals surface area contributed by atoms with E-state index in [0.717, 1.165) is 18.8 Å². The van der Waals surface area contributed by atoms with Gasteiger partial charge in [0.2, 0.25) is 0 Å². The smallest absolute Gasteiger partial charge is 0.124 e. The minimum atomic E-state index is 0.277. The first-order valence-corrected chi connectivity index (χ1v) is 6.77. The number of nitrogens with zero attached hydrogens (tertiary/aromatic N) is 1. The first-order valence-electron chi connectivity index (χ1n) is 6.77. The molecule has 0 spiro atoms. The largest absolute Gasteiger partial charge is 0.491 e.